The van der Waals surface area contributed by atoms with Crippen LogP contribution in [-0.4, -0.2) is 29.3 Å². The highest BCUT2D eigenvalue weighted by Crippen LogP contribution is 2.25. The van der Waals surface area contributed by atoms with Gasteiger partial charge in [0.05, 0.1) is 18.5 Å². The van der Waals surface area contributed by atoms with Crippen molar-refractivity contribution < 1.29 is 9.53 Å². The van der Waals surface area contributed by atoms with Crippen molar-refractivity contribution in [2.75, 3.05) is 13.7 Å². The molecule has 1 amide bonds. The molecule has 0 aliphatic heterocycles. The summed E-state index contributed by atoms with van der Waals surface area (Å²) in [4.78, 5) is 13.1. The number of rotatable bonds is 7. The van der Waals surface area contributed by atoms with E-state index in [0.29, 0.717) is 17.9 Å². The number of carbonyl (C=O) groups is 1. The first-order valence-electron chi connectivity index (χ1n) is 10.3. The fraction of sp³-hybridized carbons (Fsp3) is 0.154. The number of aryl methyl sites for hydroxylation is 1. The van der Waals surface area contributed by atoms with Gasteiger partial charge in [0.25, 0.3) is 5.91 Å². The van der Waals surface area contributed by atoms with E-state index in [1.807, 2.05) is 79.7 Å². The third kappa shape index (κ3) is 4.83. The molecule has 0 aliphatic rings. The maximum absolute atomic E-state index is 13.1. The lowest BCUT2D eigenvalue weighted by Crippen LogP contribution is -2.27. The zero-order valence-corrected chi connectivity index (χ0v) is 17.7. The zero-order valence-electron chi connectivity index (χ0n) is 17.7. The number of amides is 1. The van der Waals surface area contributed by atoms with Crippen LogP contribution < -0.4 is 10.1 Å². The van der Waals surface area contributed by atoms with Crippen molar-refractivity contribution in [1.82, 2.24) is 15.1 Å². The standard InChI is InChI=1S/C26H25N3O2/c1-19-11-13-22(14-12-19)29-25(26(30)27-16-15-20-7-4-3-5-8-20)18-24(28-29)21-9-6-10-23(17-21)31-2/h3-14,17-18H,15-16H2,1-2H3,(H,27,30). The summed E-state index contributed by atoms with van der Waals surface area (Å²) in [6.07, 6.45) is 0.772. The molecule has 0 saturated heterocycles. The molecular weight excluding hydrogens is 386 g/mol. The molecule has 4 aromatic rings. The van der Waals surface area contributed by atoms with Gasteiger partial charge in [0.15, 0.2) is 0 Å². The van der Waals surface area contributed by atoms with Crippen LogP contribution in [0.3, 0.4) is 0 Å². The minimum Gasteiger partial charge on any atom is -0.497 e. The number of nitrogens with one attached hydrogen (secondary N) is 1. The molecule has 0 spiro atoms. The van der Waals surface area contributed by atoms with E-state index in [2.05, 4.69) is 17.4 Å². The van der Waals surface area contributed by atoms with Gasteiger partial charge in [-0.1, -0.05) is 60.2 Å². The predicted octanol–water partition coefficient (Wildman–Crippen LogP) is 4.83. The fourth-order valence-corrected chi connectivity index (χ4v) is 3.40. The van der Waals surface area contributed by atoms with E-state index in [0.717, 1.165) is 29.0 Å². The van der Waals surface area contributed by atoms with Crippen molar-refractivity contribution >= 4 is 5.91 Å². The average molecular weight is 412 g/mol. The summed E-state index contributed by atoms with van der Waals surface area (Å²) < 4.78 is 7.04. The highest BCUT2D eigenvalue weighted by molar-refractivity contribution is 5.94. The lowest BCUT2D eigenvalue weighted by Gasteiger charge is -2.09. The van der Waals surface area contributed by atoms with Crippen LogP contribution in [-0.2, 0) is 6.42 Å². The molecule has 0 unspecified atom stereocenters. The monoisotopic (exact) mass is 411 g/mol. The lowest BCUT2D eigenvalue weighted by molar-refractivity contribution is 0.0946. The molecule has 1 heterocycles. The highest BCUT2D eigenvalue weighted by atomic mass is 16.5. The SMILES string of the molecule is COc1cccc(-c2cc(C(=O)NCCc3ccccc3)n(-c3ccc(C)cc3)n2)c1. The van der Waals surface area contributed by atoms with Gasteiger partial charge in [-0.15, -0.1) is 0 Å². The van der Waals surface area contributed by atoms with Crippen molar-refractivity contribution in [2.24, 2.45) is 0 Å². The fourth-order valence-electron chi connectivity index (χ4n) is 3.40. The van der Waals surface area contributed by atoms with Crippen LogP contribution in [0.15, 0.2) is 84.9 Å². The molecule has 0 bridgehead atoms. The van der Waals surface area contributed by atoms with E-state index in [1.165, 1.54) is 5.56 Å². The number of carbonyl (C=O) groups excluding carboxylic acids is 1. The zero-order chi connectivity index (χ0) is 21.6. The van der Waals surface area contributed by atoms with Gasteiger partial charge in [0.1, 0.15) is 11.4 Å². The van der Waals surface area contributed by atoms with Crippen molar-refractivity contribution in [3.8, 4) is 22.7 Å². The average Bonchev–Trinajstić information content (AvgIpc) is 3.26. The van der Waals surface area contributed by atoms with Gasteiger partial charge in [-0.2, -0.15) is 5.10 Å². The molecule has 1 N–H and O–H groups in total. The molecule has 5 nitrogen and oxygen atoms in total. The second kappa shape index (κ2) is 9.30. The lowest BCUT2D eigenvalue weighted by atomic mass is 10.1. The van der Waals surface area contributed by atoms with Gasteiger partial charge in [-0.3, -0.25) is 4.79 Å². The first-order chi connectivity index (χ1) is 15.1. The first-order valence-corrected chi connectivity index (χ1v) is 10.3. The van der Waals surface area contributed by atoms with Gasteiger partial charge < -0.3 is 10.1 Å². The van der Waals surface area contributed by atoms with Crippen LogP contribution in [0, 0.1) is 6.92 Å². The Morgan fingerprint density at radius 2 is 1.74 bits per heavy atom. The molecule has 31 heavy (non-hydrogen) atoms. The quantitative estimate of drug-likeness (QED) is 0.474. The van der Waals surface area contributed by atoms with Gasteiger partial charge in [-0.25, -0.2) is 4.68 Å². The Morgan fingerprint density at radius 1 is 0.968 bits per heavy atom. The number of aromatic nitrogens is 2. The Hall–Kier alpha value is -3.86. The Bertz CT molecular complexity index is 1160. The summed E-state index contributed by atoms with van der Waals surface area (Å²) in [7, 11) is 1.63. The molecule has 1 aromatic heterocycles. The normalized spacial score (nSPS) is 10.6. The Balaban J connectivity index is 1.63. The second-order valence-corrected chi connectivity index (χ2v) is 7.39. The first kappa shape index (κ1) is 20.4. The molecule has 0 atom stereocenters. The van der Waals surface area contributed by atoms with Gasteiger partial charge in [0, 0.05) is 12.1 Å². The van der Waals surface area contributed by atoms with Crippen LogP contribution in [0.2, 0.25) is 0 Å². The number of hydrogen-bond donors (Lipinski definition) is 1. The number of nitrogens with zero attached hydrogens (tertiary/aromatic N) is 2. The summed E-state index contributed by atoms with van der Waals surface area (Å²) in [6.45, 7) is 2.59. The topological polar surface area (TPSA) is 56.1 Å². The molecule has 0 saturated carbocycles. The van der Waals surface area contributed by atoms with Crippen molar-refractivity contribution in [3.63, 3.8) is 0 Å². The molecule has 5 heteroatoms. The third-order valence-electron chi connectivity index (χ3n) is 5.13. The highest BCUT2D eigenvalue weighted by Gasteiger charge is 2.18. The number of ether oxygens (including phenoxy) is 1. The third-order valence-corrected chi connectivity index (χ3v) is 5.13. The van der Waals surface area contributed by atoms with Gasteiger partial charge in [-0.05, 0) is 49.2 Å². The maximum atomic E-state index is 13.1. The summed E-state index contributed by atoms with van der Waals surface area (Å²) >= 11 is 0. The van der Waals surface area contributed by atoms with Crippen LogP contribution in [0.5, 0.6) is 5.75 Å². The number of methoxy groups -OCH3 is 1. The molecule has 0 radical (unpaired) electrons. The summed E-state index contributed by atoms with van der Waals surface area (Å²) in [5.74, 6) is 0.592. The molecule has 3 aromatic carbocycles. The molecule has 0 aliphatic carbocycles. The van der Waals surface area contributed by atoms with Gasteiger partial charge in [0.2, 0.25) is 0 Å². The van der Waals surface area contributed by atoms with Crippen LogP contribution in [0.1, 0.15) is 21.6 Å². The molecule has 156 valence electrons. The van der Waals surface area contributed by atoms with Crippen molar-refractivity contribution in [3.05, 3.63) is 102 Å². The number of benzene rings is 3. The van der Waals surface area contributed by atoms with E-state index in [-0.39, 0.29) is 5.91 Å². The van der Waals surface area contributed by atoms with Crippen LogP contribution >= 0.6 is 0 Å². The van der Waals surface area contributed by atoms with Crippen molar-refractivity contribution in [2.45, 2.75) is 13.3 Å². The summed E-state index contributed by atoms with van der Waals surface area (Å²) in [5, 5.41) is 7.78. The molecular formula is C26H25N3O2. The van der Waals surface area contributed by atoms with Gasteiger partial charge >= 0.3 is 0 Å². The van der Waals surface area contributed by atoms with E-state index in [9.17, 15) is 4.79 Å². The smallest absolute Gasteiger partial charge is 0.270 e. The van der Waals surface area contributed by atoms with E-state index in [1.54, 1.807) is 11.8 Å². The summed E-state index contributed by atoms with van der Waals surface area (Å²) in [6, 6.07) is 27.6. The number of hydrogen-bond acceptors (Lipinski definition) is 3. The molecule has 4 rings (SSSR count). The second-order valence-electron chi connectivity index (χ2n) is 7.39. The summed E-state index contributed by atoms with van der Waals surface area (Å²) in [5.41, 5.74) is 5.28. The Labute approximate surface area is 182 Å². The van der Waals surface area contributed by atoms with Crippen LogP contribution in [0.4, 0.5) is 0 Å². The van der Waals surface area contributed by atoms with Crippen LogP contribution in [0.25, 0.3) is 16.9 Å². The maximum Gasteiger partial charge on any atom is 0.270 e. The molecule has 0 fully saturated rings. The minimum absolute atomic E-state index is 0.154. The minimum atomic E-state index is -0.154. The van der Waals surface area contributed by atoms with E-state index >= 15 is 0 Å². The predicted molar refractivity (Wildman–Crippen MR) is 123 cm³/mol. The van der Waals surface area contributed by atoms with E-state index in [4.69, 9.17) is 9.84 Å². The Morgan fingerprint density at radius 3 is 2.48 bits per heavy atom. The Kier molecular flexibility index (Phi) is 6.13. The van der Waals surface area contributed by atoms with Crippen molar-refractivity contribution in [1.29, 1.82) is 0 Å². The largest absolute Gasteiger partial charge is 0.497 e. The van der Waals surface area contributed by atoms with E-state index < -0.39 is 0 Å².